The van der Waals surface area contributed by atoms with Crippen LogP contribution in [0.3, 0.4) is 0 Å². The Morgan fingerprint density at radius 2 is 1.05 bits per heavy atom. The Hall–Kier alpha value is -3.68. The summed E-state index contributed by atoms with van der Waals surface area (Å²) in [5.41, 5.74) is 10.2. The molecule has 0 aliphatic heterocycles. The summed E-state index contributed by atoms with van der Waals surface area (Å²) in [4.78, 5) is 22.0. The molecule has 2 aliphatic carbocycles. The van der Waals surface area contributed by atoms with Crippen LogP contribution in [0.2, 0.25) is 10.0 Å². The predicted molar refractivity (Wildman–Crippen MR) is 166 cm³/mol. The van der Waals surface area contributed by atoms with Crippen LogP contribution < -0.4 is 10.6 Å². The molecular formula is C34H30Cl2N2O4. The van der Waals surface area contributed by atoms with Gasteiger partial charge >= 0.3 is 11.9 Å². The topological polar surface area (TPSA) is 98.7 Å². The summed E-state index contributed by atoms with van der Waals surface area (Å²) in [7, 11) is 0. The van der Waals surface area contributed by atoms with Crippen molar-refractivity contribution in [3.8, 4) is 33.4 Å². The van der Waals surface area contributed by atoms with Crippen LogP contribution in [0.15, 0.2) is 72.8 Å². The highest BCUT2D eigenvalue weighted by atomic mass is 35.5. The summed E-state index contributed by atoms with van der Waals surface area (Å²) in [5.74, 6) is -1.72. The zero-order valence-corrected chi connectivity index (χ0v) is 24.3. The van der Waals surface area contributed by atoms with Crippen LogP contribution in [-0.2, 0) is 22.4 Å². The number of hydrogen-bond donors (Lipinski definition) is 4. The van der Waals surface area contributed by atoms with Crippen molar-refractivity contribution < 1.29 is 19.8 Å². The van der Waals surface area contributed by atoms with Crippen molar-refractivity contribution in [2.75, 3.05) is 13.1 Å². The lowest BCUT2D eigenvalue weighted by molar-refractivity contribution is -0.137. The Kier molecular flexibility index (Phi) is 8.06. The second kappa shape index (κ2) is 11.9. The van der Waals surface area contributed by atoms with Gasteiger partial charge in [-0.2, -0.15) is 0 Å². The molecule has 214 valence electrons. The molecule has 4 aromatic rings. The van der Waals surface area contributed by atoms with E-state index in [0.29, 0.717) is 10.0 Å². The molecule has 2 atom stereocenters. The first-order valence-electron chi connectivity index (χ1n) is 14.0. The predicted octanol–water partition coefficient (Wildman–Crippen LogP) is 7.32. The fraction of sp³-hybridized carbons (Fsp3) is 0.235. The number of benzene rings is 4. The normalized spacial score (nSPS) is 17.2. The third-order valence-electron chi connectivity index (χ3n) is 8.35. The number of halogens is 2. The first kappa shape index (κ1) is 28.4. The SMILES string of the molecule is O=C(O)CN[C@H]1CCc2cc(-c3cccc(-c4cccc(-c5ccc6c(c5)CC[C@@H]6NCC(=O)O)c4Cl)c3Cl)ccc21. The summed E-state index contributed by atoms with van der Waals surface area (Å²) in [5, 5.41) is 25.6. The lowest BCUT2D eigenvalue weighted by Gasteiger charge is -2.16. The second-order valence-electron chi connectivity index (χ2n) is 10.9. The summed E-state index contributed by atoms with van der Waals surface area (Å²) in [6, 6.07) is 24.6. The van der Waals surface area contributed by atoms with Crippen LogP contribution >= 0.6 is 23.2 Å². The van der Waals surface area contributed by atoms with Gasteiger partial charge in [-0.05, 0) is 59.1 Å². The smallest absolute Gasteiger partial charge is 0.317 e. The van der Waals surface area contributed by atoms with E-state index in [1.807, 2.05) is 48.5 Å². The molecule has 0 aromatic heterocycles. The number of aryl methyl sites for hydroxylation is 2. The van der Waals surface area contributed by atoms with Crippen LogP contribution in [0.5, 0.6) is 0 Å². The molecule has 8 heteroatoms. The first-order chi connectivity index (χ1) is 20.3. The third kappa shape index (κ3) is 5.55. The highest BCUT2D eigenvalue weighted by Crippen LogP contribution is 2.44. The zero-order chi connectivity index (χ0) is 29.4. The molecule has 6 rings (SSSR count). The number of aliphatic carboxylic acids is 2. The van der Waals surface area contributed by atoms with Gasteiger partial charge in [0.15, 0.2) is 0 Å². The fourth-order valence-electron chi connectivity index (χ4n) is 6.34. The van der Waals surface area contributed by atoms with E-state index in [0.717, 1.165) is 70.2 Å². The van der Waals surface area contributed by atoms with Gasteiger partial charge in [0, 0.05) is 34.3 Å². The highest BCUT2D eigenvalue weighted by molar-refractivity contribution is 6.39. The molecule has 0 unspecified atom stereocenters. The van der Waals surface area contributed by atoms with E-state index in [9.17, 15) is 9.59 Å². The van der Waals surface area contributed by atoms with Crippen LogP contribution in [-0.4, -0.2) is 35.2 Å². The van der Waals surface area contributed by atoms with E-state index in [-0.39, 0.29) is 25.2 Å². The van der Waals surface area contributed by atoms with Crippen LogP contribution in [0, 0.1) is 0 Å². The maximum atomic E-state index is 11.0. The van der Waals surface area contributed by atoms with Crippen molar-refractivity contribution in [3.63, 3.8) is 0 Å². The van der Waals surface area contributed by atoms with Gasteiger partial charge in [-0.25, -0.2) is 0 Å². The molecule has 0 heterocycles. The molecule has 2 aliphatic rings. The van der Waals surface area contributed by atoms with Crippen molar-refractivity contribution >= 4 is 35.1 Å². The average Bonchev–Trinajstić information content (AvgIpc) is 3.58. The van der Waals surface area contributed by atoms with Gasteiger partial charge in [0.25, 0.3) is 0 Å². The summed E-state index contributed by atoms with van der Waals surface area (Å²) in [6.45, 7) is -0.120. The molecular weight excluding hydrogens is 571 g/mol. The lowest BCUT2D eigenvalue weighted by Crippen LogP contribution is -2.25. The van der Waals surface area contributed by atoms with E-state index in [1.54, 1.807) is 0 Å². The maximum absolute atomic E-state index is 11.0. The van der Waals surface area contributed by atoms with Gasteiger partial charge in [0.1, 0.15) is 0 Å². The molecule has 0 bridgehead atoms. The first-order valence-corrected chi connectivity index (χ1v) is 14.8. The molecule has 0 fully saturated rings. The Balaban J connectivity index is 1.30. The molecule has 0 spiro atoms. The molecule has 42 heavy (non-hydrogen) atoms. The van der Waals surface area contributed by atoms with E-state index < -0.39 is 11.9 Å². The van der Waals surface area contributed by atoms with E-state index >= 15 is 0 Å². The van der Waals surface area contributed by atoms with Gasteiger partial charge in [0.2, 0.25) is 0 Å². The fourth-order valence-corrected chi connectivity index (χ4v) is 7.01. The van der Waals surface area contributed by atoms with E-state index in [1.165, 1.54) is 11.1 Å². The summed E-state index contributed by atoms with van der Waals surface area (Å²) >= 11 is 14.1. The number of carboxylic acid groups (broad SMARTS) is 2. The standard InChI is InChI=1S/C34H30Cl2N2O4/c35-33-25(21-7-11-23-19(15-21)9-13-29(23)37-17-31(39)40)3-1-5-27(33)28-6-2-4-26(34(28)36)22-8-12-24-20(16-22)10-14-30(24)38-18-32(41)42/h1-8,11-12,15-16,29-30,37-38H,9-10,13-14,17-18H2,(H,39,40)(H,41,42)/t29-,30-/m0/s1. The molecule has 0 saturated carbocycles. The summed E-state index contributed by atoms with van der Waals surface area (Å²) in [6.07, 6.45) is 3.49. The minimum atomic E-state index is -0.860. The van der Waals surface area contributed by atoms with Crippen LogP contribution in [0.1, 0.15) is 47.2 Å². The Bertz CT molecular complexity index is 1580. The van der Waals surface area contributed by atoms with Gasteiger partial charge in [-0.3, -0.25) is 9.59 Å². The number of fused-ring (bicyclic) bond motifs is 2. The Morgan fingerprint density at radius 1 is 0.643 bits per heavy atom. The number of carboxylic acids is 2. The number of carbonyl (C=O) groups is 2. The monoisotopic (exact) mass is 600 g/mol. The maximum Gasteiger partial charge on any atom is 0.317 e. The summed E-state index contributed by atoms with van der Waals surface area (Å²) < 4.78 is 0. The minimum absolute atomic E-state index is 0.0413. The average molecular weight is 602 g/mol. The molecule has 6 nitrogen and oxygen atoms in total. The number of rotatable bonds is 9. The molecule has 0 saturated heterocycles. The molecule has 4 aromatic carbocycles. The second-order valence-corrected chi connectivity index (χ2v) is 11.6. The molecule has 4 N–H and O–H groups in total. The number of nitrogens with one attached hydrogen (secondary N) is 2. The van der Waals surface area contributed by atoms with Gasteiger partial charge < -0.3 is 20.8 Å². The van der Waals surface area contributed by atoms with Gasteiger partial charge in [-0.1, -0.05) is 96.0 Å². The quantitative estimate of drug-likeness (QED) is 0.161. The Labute approximate surface area is 254 Å². The van der Waals surface area contributed by atoms with Crippen molar-refractivity contribution in [3.05, 3.63) is 105 Å². The van der Waals surface area contributed by atoms with Crippen molar-refractivity contribution in [2.24, 2.45) is 0 Å². The zero-order valence-electron chi connectivity index (χ0n) is 22.8. The van der Waals surface area contributed by atoms with Crippen molar-refractivity contribution in [1.29, 1.82) is 0 Å². The molecule has 0 amide bonds. The third-order valence-corrected chi connectivity index (χ3v) is 9.16. The van der Waals surface area contributed by atoms with Crippen molar-refractivity contribution in [1.82, 2.24) is 10.6 Å². The minimum Gasteiger partial charge on any atom is -0.480 e. The van der Waals surface area contributed by atoms with Gasteiger partial charge in [0.05, 0.1) is 23.1 Å². The van der Waals surface area contributed by atoms with E-state index in [2.05, 4.69) is 34.9 Å². The largest absolute Gasteiger partial charge is 0.480 e. The molecule has 0 radical (unpaired) electrons. The highest BCUT2D eigenvalue weighted by Gasteiger charge is 2.25. The van der Waals surface area contributed by atoms with Gasteiger partial charge in [-0.15, -0.1) is 0 Å². The lowest BCUT2D eigenvalue weighted by atomic mass is 9.93. The van der Waals surface area contributed by atoms with E-state index in [4.69, 9.17) is 33.4 Å². The van der Waals surface area contributed by atoms with Crippen molar-refractivity contribution in [2.45, 2.75) is 37.8 Å². The number of hydrogen-bond acceptors (Lipinski definition) is 4. The van der Waals surface area contributed by atoms with Crippen LogP contribution in [0.4, 0.5) is 0 Å². The Morgan fingerprint density at radius 3 is 1.45 bits per heavy atom. The van der Waals surface area contributed by atoms with Crippen LogP contribution in [0.25, 0.3) is 33.4 Å².